The molecule has 0 radical (unpaired) electrons. The van der Waals surface area contributed by atoms with E-state index >= 15 is 0 Å². The molecule has 0 aliphatic heterocycles. The number of aromatic nitrogens is 1. The minimum absolute atomic E-state index is 1.01. The van der Waals surface area contributed by atoms with Gasteiger partial charge >= 0.3 is 0 Å². The van der Waals surface area contributed by atoms with Crippen LogP contribution in [-0.4, -0.2) is 17.8 Å². The molecule has 3 nitrogen and oxygen atoms in total. The normalized spacial score (nSPS) is 10.5. The zero-order valence-electron chi connectivity index (χ0n) is 7.41. The Labute approximate surface area is 72.4 Å². The lowest BCUT2D eigenvalue weighted by Gasteiger charge is -2.03. The summed E-state index contributed by atoms with van der Waals surface area (Å²) in [5.41, 5.74) is 1.07. The van der Waals surface area contributed by atoms with Gasteiger partial charge in [0, 0.05) is 32.1 Å². The van der Waals surface area contributed by atoms with Crippen molar-refractivity contribution in [1.29, 1.82) is 0 Å². The Bertz CT molecular complexity index is 297. The van der Waals surface area contributed by atoms with Gasteiger partial charge in [-0.25, -0.2) is 0 Å². The summed E-state index contributed by atoms with van der Waals surface area (Å²) in [6.07, 6.45) is 5.44. The molecular formula is C9H13N3. The van der Waals surface area contributed by atoms with Crippen molar-refractivity contribution in [3.63, 3.8) is 0 Å². The number of nitrogens with zero attached hydrogens (tertiary/aromatic N) is 2. The van der Waals surface area contributed by atoms with Crippen LogP contribution in [0.15, 0.2) is 30.0 Å². The summed E-state index contributed by atoms with van der Waals surface area (Å²) in [6.45, 7) is 3.61. The lowest BCUT2D eigenvalue weighted by Crippen LogP contribution is -1.97. The lowest BCUT2D eigenvalue weighted by atomic mass is 10.3. The quantitative estimate of drug-likeness (QED) is 0.674. The highest BCUT2D eigenvalue weighted by atomic mass is 15.1. The monoisotopic (exact) mass is 163 g/mol. The van der Waals surface area contributed by atoms with Crippen molar-refractivity contribution in [3.8, 4) is 0 Å². The molecule has 0 aliphatic carbocycles. The molecule has 0 aromatic carbocycles. The third-order valence-corrected chi connectivity index (χ3v) is 1.61. The van der Waals surface area contributed by atoms with Gasteiger partial charge in [0.05, 0.1) is 0 Å². The molecule has 0 spiro atoms. The van der Waals surface area contributed by atoms with Gasteiger partial charge in [-0.2, -0.15) is 0 Å². The fraction of sp³-hybridized carbons (Fsp3) is 0.222. The molecule has 0 bridgehead atoms. The van der Waals surface area contributed by atoms with Crippen LogP contribution in [0.5, 0.6) is 0 Å². The Morgan fingerprint density at radius 3 is 3.00 bits per heavy atom. The van der Waals surface area contributed by atoms with Gasteiger partial charge in [0.15, 0.2) is 0 Å². The van der Waals surface area contributed by atoms with Crippen LogP contribution in [0.1, 0.15) is 5.56 Å². The SMILES string of the molecule is C=CNc1c(C=NC)ccn1C. The van der Waals surface area contributed by atoms with Crippen LogP contribution >= 0.6 is 0 Å². The van der Waals surface area contributed by atoms with Crippen LogP contribution in [0.2, 0.25) is 0 Å². The van der Waals surface area contributed by atoms with Crippen LogP contribution < -0.4 is 5.32 Å². The second-order valence-electron chi connectivity index (χ2n) is 2.47. The van der Waals surface area contributed by atoms with E-state index in [9.17, 15) is 0 Å². The largest absolute Gasteiger partial charge is 0.348 e. The van der Waals surface area contributed by atoms with Gasteiger partial charge in [-0.05, 0) is 12.3 Å². The number of rotatable bonds is 3. The van der Waals surface area contributed by atoms with Crippen molar-refractivity contribution in [1.82, 2.24) is 4.57 Å². The Hall–Kier alpha value is -1.51. The van der Waals surface area contributed by atoms with E-state index in [1.807, 2.05) is 30.1 Å². The molecule has 1 rings (SSSR count). The van der Waals surface area contributed by atoms with Crippen molar-refractivity contribution < 1.29 is 0 Å². The van der Waals surface area contributed by atoms with Crippen LogP contribution in [0.25, 0.3) is 0 Å². The van der Waals surface area contributed by atoms with Crippen LogP contribution in [0.3, 0.4) is 0 Å². The molecule has 1 N–H and O–H groups in total. The molecule has 0 aliphatic rings. The van der Waals surface area contributed by atoms with Crippen molar-refractivity contribution in [2.24, 2.45) is 12.0 Å². The van der Waals surface area contributed by atoms with E-state index < -0.39 is 0 Å². The zero-order valence-corrected chi connectivity index (χ0v) is 7.41. The van der Waals surface area contributed by atoms with E-state index in [2.05, 4.69) is 16.9 Å². The smallest absolute Gasteiger partial charge is 0.118 e. The predicted molar refractivity (Wildman–Crippen MR) is 52.8 cm³/mol. The molecule has 0 unspecified atom stereocenters. The fourth-order valence-electron chi connectivity index (χ4n) is 1.07. The molecule has 0 saturated heterocycles. The summed E-state index contributed by atoms with van der Waals surface area (Å²) in [4.78, 5) is 3.95. The van der Waals surface area contributed by atoms with Crippen molar-refractivity contribution in [2.45, 2.75) is 0 Å². The van der Waals surface area contributed by atoms with Gasteiger partial charge < -0.3 is 9.88 Å². The number of hydrogen-bond donors (Lipinski definition) is 1. The Morgan fingerprint density at radius 2 is 2.42 bits per heavy atom. The number of anilines is 1. The molecule has 1 aromatic heterocycles. The van der Waals surface area contributed by atoms with Gasteiger partial charge in [-0.1, -0.05) is 6.58 Å². The van der Waals surface area contributed by atoms with Crippen LogP contribution in [-0.2, 0) is 7.05 Å². The summed E-state index contributed by atoms with van der Waals surface area (Å²) in [5.74, 6) is 1.01. The Kier molecular flexibility index (Phi) is 2.69. The fourth-order valence-corrected chi connectivity index (χ4v) is 1.07. The first-order valence-corrected chi connectivity index (χ1v) is 3.74. The number of aryl methyl sites for hydroxylation is 1. The second-order valence-corrected chi connectivity index (χ2v) is 2.47. The molecule has 0 atom stereocenters. The third kappa shape index (κ3) is 1.56. The maximum atomic E-state index is 3.95. The molecule has 1 aromatic rings. The number of hydrogen-bond acceptors (Lipinski definition) is 2. The summed E-state index contributed by atoms with van der Waals surface area (Å²) >= 11 is 0. The number of aliphatic imine (C=N–C) groups is 1. The first kappa shape index (κ1) is 8.59. The van der Waals surface area contributed by atoms with Crippen molar-refractivity contribution in [2.75, 3.05) is 12.4 Å². The third-order valence-electron chi connectivity index (χ3n) is 1.61. The minimum Gasteiger partial charge on any atom is -0.348 e. The minimum atomic E-state index is 1.01. The van der Waals surface area contributed by atoms with E-state index in [1.165, 1.54) is 0 Å². The lowest BCUT2D eigenvalue weighted by molar-refractivity contribution is 0.935. The molecular weight excluding hydrogens is 150 g/mol. The summed E-state index contributed by atoms with van der Waals surface area (Å²) < 4.78 is 1.98. The second kappa shape index (κ2) is 3.76. The highest BCUT2D eigenvalue weighted by Gasteiger charge is 2.01. The van der Waals surface area contributed by atoms with E-state index in [4.69, 9.17) is 0 Å². The first-order valence-electron chi connectivity index (χ1n) is 3.74. The van der Waals surface area contributed by atoms with E-state index in [-0.39, 0.29) is 0 Å². The average Bonchev–Trinajstić information content (AvgIpc) is 2.37. The van der Waals surface area contributed by atoms with Gasteiger partial charge in [0.2, 0.25) is 0 Å². The molecule has 3 heteroatoms. The molecule has 64 valence electrons. The highest BCUT2D eigenvalue weighted by molar-refractivity contribution is 5.86. The van der Waals surface area contributed by atoms with Crippen molar-refractivity contribution >= 4 is 12.0 Å². The zero-order chi connectivity index (χ0) is 8.97. The van der Waals surface area contributed by atoms with Crippen molar-refractivity contribution in [3.05, 3.63) is 30.6 Å². The molecule has 0 saturated carbocycles. The summed E-state index contributed by atoms with van der Waals surface area (Å²) in [5, 5.41) is 3.04. The topological polar surface area (TPSA) is 29.3 Å². The van der Waals surface area contributed by atoms with Gasteiger partial charge in [0.25, 0.3) is 0 Å². The van der Waals surface area contributed by atoms with Crippen LogP contribution in [0.4, 0.5) is 5.82 Å². The first-order chi connectivity index (χ1) is 5.79. The van der Waals surface area contributed by atoms with E-state index in [1.54, 1.807) is 13.2 Å². The van der Waals surface area contributed by atoms with Crippen LogP contribution in [0, 0.1) is 0 Å². The van der Waals surface area contributed by atoms with Gasteiger partial charge in [-0.15, -0.1) is 0 Å². The van der Waals surface area contributed by atoms with E-state index in [0.29, 0.717) is 0 Å². The standard InChI is InChI=1S/C9H13N3/c1-4-11-9-8(7-10-2)5-6-12(9)3/h4-7,11H,1H2,2-3H3. The highest BCUT2D eigenvalue weighted by Crippen LogP contribution is 2.13. The maximum absolute atomic E-state index is 3.95. The average molecular weight is 163 g/mol. The molecule has 12 heavy (non-hydrogen) atoms. The Balaban J connectivity index is 3.02. The number of nitrogens with one attached hydrogen (secondary N) is 1. The Morgan fingerprint density at radius 1 is 1.67 bits per heavy atom. The van der Waals surface area contributed by atoms with Gasteiger partial charge in [0.1, 0.15) is 5.82 Å². The predicted octanol–water partition coefficient (Wildman–Crippen LogP) is 1.63. The van der Waals surface area contributed by atoms with Gasteiger partial charge in [-0.3, -0.25) is 4.99 Å². The molecule has 0 fully saturated rings. The summed E-state index contributed by atoms with van der Waals surface area (Å²) in [7, 11) is 3.73. The summed E-state index contributed by atoms with van der Waals surface area (Å²) in [6, 6.07) is 2.00. The maximum Gasteiger partial charge on any atom is 0.118 e. The molecule has 1 heterocycles. The molecule has 0 amide bonds. The van der Waals surface area contributed by atoms with E-state index in [0.717, 1.165) is 11.4 Å².